The summed E-state index contributed by atoms with van der Waals surface area (Å²) >= 11 is 0. The lowest BCUT2D eigenvalue weighted by molar-refractivity contribution is -0.130. The van der Waals surface area contributed by atoms with E-state index >= 15 is 0 Å². The lowest BCUT2D eigenvalue weighted by Gasteiger charge is -2.37. The molecule has 1 saturated heterocycles. The number of nitrogens with one attached hydrogen (secondary N) is 2. The largest absolute Gasteiger partial charge is 0.366 e. The minimum atomic E-state index is -0.924. The number of aromatic amines is 1. The summed E-state index contributed by atoms with van der Waals surface area (Å²) in [5.74, 6) is -0.342. The molecule has 1 aliphatic heterocycles. The maximum atomic E-state index is 13.2. The number of carbonyl (C=O) groups excluding carboxylic acids is 3. The Labute approximate surface area is 242 Å². The van der Waals surface area contributed by atoms with Gasteiger partial charge in [-0.05, 0) is 97.4 Å². The summed E-state index contributed by atoms with van der Waals surface area (Å²) < 4.78 is 0. The number of hydrogen-bond donors (Lipinski definition) is 4. The van der Waals surface area contributed by atoms with E-state index in [0.29, 0.717) is 55.1 Å². The first-order chi connectivity index (χ1) is 20.3. The first-order valence-corrected chi connectivity index (χ1v) is 14.3. The van der Waals surface area contributed by atoms with Gasteiger partial charge in [0.05, 0.1) is 18.0 Å². The summed E-state index contributed by atoms with van der Waals surface area (Å²) in [5, 5.41) is 28.6. The van der Waals surface area contributed by atoms with Crippen LogP contribution in [0, 0.1) is 17.2 Å². The number of hydrogen-bond acceptors (Lipinski definition) is 8. The van der Waals surface area contributed by atoms with Crippen molar-refractivity contribution in [2.45, 2.75) is 62.4 Å². The number of nitriles is 1. The first-order valence-electron chi connectivity index (χ1n) is 14.3. The van der Waals surface area contributed by atoms with Crippen molar-refractivity contribution in [1.29, 1.82) is 5.26 Å². The molecule has 6 N–H and O–H groups in total. The van der Waals surface area contributed by atoms with Crippen molar-refractivity contribution in [2.24, 2.45) is 17.4 Å². The Balaban J connectivity index is 1.46. The highest BCUT2D eigenvalue weighted by atomic mass is 16.2. The van der Waals surface area contributed by atoms with Crippen LogP contribution in [0.15, 0.2) is 36.4 Å². The van der Waals surface area contributed by atoms with Crippen molar-refractivity contribution in [3.8, 4) is 6.07 Å². The number of nitrogens with zero attached hydrogens (tertiary/aromatic N) is 5. The maximum Gasteiger partial charge on any atom is 0.248 e. The van der Waals surface area contributed by atoms with Gasteiger partial charge in [-0.3, -0.25) is 14.4 Å². The third-order valence-corrected chi connectivity index (χ3v) is 9.04. The second kappa shape index (κ2) is 11.0. The van der Waals surface area contributed by atoms with Crippen molar-refractivity contribution < 1.29 is 14.4 Å². The van der Waals surface area contributed by atoms with Crippen molar-refractivity contribution in [2.75, 3.05) is 13.1 Å². The van der Waals surface area contributed by atoms with Crippen molar-refractivity contribution in [3.05, 3.63) is 75.6 Å². The van der Waals surface area contributed by atoms with Gasteiger partial charge in [0.15, 0.2) is 5.82 Å². The Morgan fingerprint density at radius 2 is 1.69 bits per heavy atom. The van der Waals surface area contributed by atoms with Gasteiger partial charge in [0, 0.05) is 23.7 Å². The summed E-state index contributed by atoms with van der Waals surface area (Å²) in [7, 11) is 0. The van der Waals surface area contributed by atoms with Crippen molar-refractivity contribution in [3.63, 3.8) is 0 Å². The lowest BCUT2D eigenvalue weighted by atomic mass is 9.67. The Morgan fingerprint density at radius 3 is 2.21 bits per heavy atom. The second-order valence-corrected chi connectivity index (χ2v) is 11.5. The molecule has 1 saturated carbocycles. The molecule has 3 aliphatic rings. The molecule has 3 amide bonds. The molecule has 2 fully saturated rings. The summed E-state index contributed by atoms with van der Waals surface area (Å²) in [6, 6.07) is 12.7. The van der Waals surface area contributed by atoms with Gasteiger partial charge in [-0.1, -0.05) is 17.3 Å². The van der Waals surface area contributed by atoms with Gasteiger partial charge in [-0.25, -0.2) is 0 Å². The van der Waals surface area contributed by atoms with Gasteiger partial charge in [0.2, 0.25) is 17.7 Å². The fourth-order valence-corrected chi connectivity index (χ4v) is 6.80. The molecule has 1 aromatic heterocycles. The molecule has 2 aliphatic carbocycles. The van der Waals surface area contributed by atoms with Gasteiger partial charge in [-0.2, -0.15) is 10.5 Å². The maximum absolute atomic E-state index is 13.2. The number of primary amides is 2. The predicted octanol–water partition coefficient (Wildman–Crippen LogP) is 1.10. The van der Waals surface area contributed by atoms with E-state index in [0.717, 1.165) is 41.5 Å². The Hall–Kier alpha value is -4.63. The van der Waals surface area contributed by atoms with Crippen LogP contribution in [-0.4, -0.2) is 68.4 Å². The summed E-state index contributed by atoms with van der Waals surface area (Å²) in [6.07, 6.45) is 5.23. The monoisotopic (exact) mass is 567 g/mol. The third kappa shape index (κ3) is 4.90. The quantitative estimate of drug-likeness (QED) is 0.295. The van der Waals surface area contributed by atoms with Crippen LogP contribution >= 0.6 is 0 Å². The van der Waals surface area contributed by atoms with Gasteiger partial charge in [0.25, 0.3) is 0 Å². The molecule has 3 aromatic rings. The molecule has 12 nitrogen and oxygen atoms in total. The Kier molecular flexibility index (Phi) is 7.20. The van der Waals surface area contributed by atoms with E-state index < -0.39 is 17.2 Å². The molecular weight excluding hydrogens is 534 g/mol. The molecule has 0 unspecified atom stereocenters. The molecule has 12 heteroatoms. The number of H-pyrrole nitrogens is 1. The zero-order chi connectivity index (χ0) is 29.4. The highest BCUT2D eigenvalue weighted by molar-refractivity contribution is 5.94. The van der Waals surface area contributed by atoms with Crippen LogP contribution in [0.5, 0.6) is 0 Å². The minimum absolute atomic E-state index is 0.0859. The van der Waals surface area contributed by atoms with Gasteiger partial charge < -0.3 is 21.7 Å². The van der Waals surface area contributed by atoms with E-state index in [9.17, 15) is 19.6 Å². The molecule has 6 rings (SSSR count). The molecule has 42 heavy (non-hydrogen) atoms. The number of nitrogens with two attached hydrogens (primary N) is 2. The fourth-order valence-electron chi connectivity index (χ4n) is 6.80. The second-order valence-electron chi connectivity index (χ2n) is 11.5. The number of tetrazole rings is 1. The number of aryl methyl sites for hydroxylation is 2. The molecule has 2 aromatic carbocycles. The predicted molar refractivity (Wildman–Crippen MR) is 151 cm³/mol. The van der Waals surface area contributed by atoms with Gasteiger partial charge >= 0.3 is 0 Å². The van der Waals surface area contributed by atoms with E-state index in [4.69, 9.17) is 11.5 Å². The summed E-state index contributed by atoms with van der Waals surface area (Å²) in [6.45, 7) is 0.702. The van der Waals surface area contributed by atoms with Gasteiger partial charge in [0.1, 0.15) is 6.04 Å². The van der Waals surface area contributed by atoms with Crippen LogP contribution in [0.4, 0.5) is 0 Å². The highest BCUT2D eigenvalue weighted by Crippen LogP contribution is 2.49. The zero-order valence-electron chi connectivity index (χ0n) is 23.2. The smallest absolute Gasteiger partial charge is 0.248 e. The Morgan fingerprint density at radius 1 is 1.05 bits per heavy atom. The minimum Gasteiger partial charge on any atom is -0.366 e. The number of carbonyl (C=O) groups is 3. The number of aromatic nitrogens is 4. The van der Waals surface area contributed by atoms with E-state index in [2.05, 4.69) is 32.0 Å². The average Bonchev–Trinajstić information content (AvgIpc) is 3.50. The lowest BCUT2D eigenvalue weighted by Crippen LogP contribution is -2.47. The van der Waals surface area contributed by atoms with Gasteiger partial charge in [-0.15, -0.1) is 10.2 Å². The van der Waals surface area contributed by atoms with Crippen LogP contribution in [0.3, 0.4) is 0 Å². The first kappa shape index (κ1) is 27.5. The molecule has 216 valence electrons. The van der Waals surface area contributed by atoms with Crippen LogP contribution < -0.4 is 16.8 Å². The molecule has 2 atom stereocenters. The standard InChI is InChI=1S/C30H33N9O3/c31-15-22-2-1-11-39(22)26(40)16-34-25(17-3-4-17)14-30(29-35-37-38-36-29)23-9-7-20(27(32)41)12-18(23)5-6-19-13-21(28(33)42)8-10-24(19)30/h7-10,12-13,17,22,25,34H,1-6,11,14,16H2,(H2,32,41)(H2,33,42)(H,35,36,37,38)/t22-,25+/m0/s1. The van der Waals surface area contributed by atoms with Crippen molar-refractivity contribution >= 4 is 17.7 Å². The number of fused-ring (bicyclic) bond motifs is 2. The van der Waals surface area contributed by atoms with E-state index in [1.165, 1.54) is 0 Å². The topological polar surface area (TPSA) is 197 Å². The average molecular weight is 568 g/mol. The van der Waals surface area contributed by atoms with E-state index in [1.807, 2.05) is 24.3 Å². The van der Waals surface area contributed by atoms with Crippen LogP contribution in [-0.2, 0) is 23.1 Å². The summed E-state index contributed by atoms with van der Waals surface area (Å²) in [5.41, 5.74) is 14.9. The van der Waals surface area contributed by atoms with Crippen LogP contribution in [0.1, 0.15) is 80.9 Å². The SMILES string of the molecule is N#C[C@@H]1CCCN1C(=O)CN[C@H](CC1(c2nn[nH]n2)c2ccc(C(N)=O)cc2CCc2cc(C(N)=O)ccc21)C1CC1. The number of benzene rings is 2. The van der Waals surface area contributed by atoms with E-state index in [-0.39, 0.29) is 24.5 Å². The number of rotatable bonds is 9. The zero-order valence-corrected chi connectivity index (χ0v) is 23.2. The Bertz CT molecular complexity index is 1510. The molecule has 2 heterocycles. The number of likely N-dealkylation sites (tertiary alicyclic amines) is 1. The van der Waals surface area contributed by atoms with E-state index in [1.54, 1.807) is 17.0 Å². The molecular formula is C30H33N9O3. The third-order valence-electron chi connectivity index (χ3n) is 9.04. The van der Waals surface area contributed by atoms with Crippen LogP contribution in [0.2, 0.25) is 0 Å². The molecule has 0 spiro atoms. The number of amides is 3. The van der Waals surface area contributed by atoms with Crippen molar-refractivity contribution in [1.82, 2.24) is 30.8 Å². The fraction of sp³-hybridized carbons (Fsp3) is 0.433. The highest BCUT2D eigenvalue weighted by Gasteiger charge is 2.48. The normalized spacial score (nSPS) is 19.7. The summed E-state index contributed by atoms with van der Waals surface area (Å²) in [4.78, 5) is 39.2. The van der Waals surface area contributed by atoms with Crippen LogP contribution in [0.25, 0.3) is 0 Å². The molecule has 0 bridgehead atoms. The molecule has 0 radical (unpaired) electrons.